The minimum Gasteiger partial charge on any atom is -0.339 e. The molecule has 20 heavy (non-hydrogen) atoms. The van der Waals surface area contributed by atoms with Crippen LogP contribution < -0.4 is 0 Å². The van der Waals surface area contributed by atoms with E-state index in [1.807, 2.05) is 0 Å². The van der Waals surface area contributed by atoms with Gasteiger partial charge in [0.25, 0.3) is 0 Å². The van der Waals surface area contributed by atoms with Gasteiger partial charge in [0.2, 0.25) is 5.89 Å². The number of Topliss-reactive ketones (excluding diaryl/α,β-unsaturated/α-hetero) is 1. The van der Waals surface area contributed by atoms with Gasteiger partial charge in [-0.05, 0) is 32.7 Å². The Bertz CT molecular complexity index is 518. The van der Waals surface area contributed by atoms with Gasteiger partial charge in [0.1, 0.15) is 5.92 Å². The van der Waals surface area contributed by atoms with Gasteiger partial charge in [-0.2, -0.15) is 16.7 Å². The smallest absolute Gasteiger partial charge is 0.238 e. The second-order valence-corrected chi connectivity index (χ2v) is 7.27. The fourth-order valence-corrected chi connectivity index (χ4v) is 4.94. The number of rotatable bonds is 2. The number of carbonyl (C=O) groups is 1. The molecule has 3 saturated heterocycles. The van der Waals surface area contributed by atoms with Gasteiger partial charge in [0.15, 0.2) is 11.6 Å². The maximum absolute atomic E-state index is 11.8. The maximum Gasteiger partial charge on any atom is 0.238 e. The molecular formula is C14H19N3O2S. The summed E-state index contributed by atoms with van der Waals surface area (Å²) in [5, 5.41) is 4.17. The Morgan fingerprint density at radius 1 is 1.30 bits per heavy atom. The van der Waals surface area contributed by atoms with Crippen molar-refractivity contribution in [1.82, 2.24) is 15.0 Å². The Kier molecular flexibility index (Phi) is 3.11. The zero-order chi connectivity index (χ0) is 13.7. The van der Waals surface area contributed by atoms with E-state index >= 15 is 0 Å². The first-order chi connectivity index (χ1) is 9.72. The van der Waals surface area contributed by atoms with E-state index in [0.717, 1.165) is 24.4 Å². The van der Waals surface area contributed by atoms with E-state index < -0.39 is 0 Å². The molecular weight excluding hydrogens is 274 g/mol. The van der Waals surface area contributed by atoms with Crippen molar-refractivity contribution in [2.45, 2.75) is 49.6 Å². The molecule has 3 unspecified atom stereocenters. The van der Waals surface area contributed by atoms with Crippen molar-refractivity contribution in [2.24, 2.45) is 0 Å². The number of piperidine rings is 1. The predicted molar refractivity (Wildman–Crippen MR) is 75.9 cm³/mol. The van der Waals surface area contributed by atoms with Crippen LogP contribution in [0.2, 0.25) is 0 Å². The highest BCUT2D eigenvalue weighted by Gasteiger charge is 2.41. The highest BCUT2D eigenvalue weighted by Crippen LogP contribution is 2.41. The molecule has 2 bridgehead atoms. The van der Waals surface area contributed by atoms with Crippen LogP contribution in [0.25, 0.3) is 0 Å². The molecule has 0 saturated carbocycles. The number of hydrogen-bond donors (Lipinski definition) is 0. The number of aromatic nitrogens is 2. The summed E-state index contributed by atoms with van der Waals surface area (Å²) in [5.74, 6) is 3.22. The molecule has 0 aliphatic carbocycles. The third-order valence-corrected chi connectivity index (χ3v) is 6.19. The van der Waals surface area contributed by atoms with Gasteiger partial charge < -0.3 is 9.42 Å². The van der Waals surface area contributed by atoms with Crippen molar-refractivity contribution in [3.8, 4) is 0 Å². The van der Waals surface area contributed by atoms with Gasteiger partial charge in [0, 0.05) is 23.8 Å². The Morgan fingerprint density at radius 2 is 2.05 bits per heavy atom. The van der Waals surface area contributed by atoms with Crippen molar-refractivity contribution < 1.29 is 9.32 Å². The van der Waals surface area contributed by atoms with Crippen LogP contribution in [0.15, 0.2) is 4.52 Å². The topological polar surface area (TPSA) is 59.2 Å². The number of hydrogen-bond acceptors (Lipinski definition) is 6. The van der Waals surface area contributed by atoms with Crippen molar-refractivity contribution >= 4 is 17.5 Å². The lowest BCUT2D eigenvalue weighted by Crippen LogP contribution is -2.39. The minimum atomic E-state index is -0.163. The number of ketones is 1. The fraction of sp³-hybridized carbons (Fsp3) is 0.786. The first-order valence-corrected chi connectivity index (χ1v) is 8.53. The van der Waals surface area contributed by atoms with E-state index in [2.05, 4.69) is 22.1 Å². The third-order valence-electron chi connectivity index (χ3n) is 5.14. The third kappa shape index (κ3) is 2.00. The first-order valence-electron chi connectivity index (χ1n) is 7.38. The molecule has 3 fully saturated rings. The van der Waals surface area contributed by atoms with E-state index in [4.69, 9.17) is 4.52 Å². The standard InChI is InChI=1S/C14H19N3O2S/c1-17-9-2-3-10(17)5-8(4-9)13-15-14(19-16-13)11-6-20-7-12(11)18/h8-11H,2-7H2,1H3. The van der Waals surface area contributed by atoms with Gasteiger partial charge in [-0.25, -0.2) is 0 Å². The van der Waals surface area contributed by atoms with Crippen LogP contribution in [0, 0.1) is 0 Å². The largest absolute Gasteiger partial charge is 0.339 e. The normalized spacial score (nSPS) is 37.8. The molecule has 5 nitrogen and oxygen atoms in total. The van der Waals surface area contributed by atoms with E-state index in [9.17, 15) is 4.79 Å². The summed E-state index contributed by atoms with van der Waals surface area (Å²) in [5.41, 5.74) is 0. The molecule has 1 aromatic heterocycles. The van der Waals surface area contributed by atoms with Gasteiger partial charge in [-0.15, -0.1) is 0 Å². The maximum atomic E-state index is 11.8. The number of carbonyl (C=O) groups excluding carboxylic acids is 1. The van der Waals surface area contributed by atoms with E-state index in [1.165, 1.54) is 12.8 Å². The Morgan fingerprint density at radius 3 is 2.70 bits per heavy atom. The van der Waals surface area contributed by atoms with Crippen LogP contribution in [0.1, 0.15) is 49.2 Å². The van der Waals surface area contributed by atoms with Crippen LogP contribution in [-0.4, -0.2) is 51.5 Å². The Balaban J connectivity index is 1.52. The van der Waals surface area contributed by atoms with E-state index in [0.29, 0.717) is 29.6 Å². The average molecular weight is 293 g/mol. The molecule has 1 aromatic rings. The Labute approximate surface area is 122 Å². The van der Waals surface area contributed by atoms with Crippen molar-refractivity contribution in [1.29, 1.82) is 0 Å². The summed E-state index contributed by atoms with van der Waals surface area (Å²) in [4.78, 5) is 18.8. The highest BCUT2D eigenvalue weighted by atomic mass is 32.2. The molecule has 0 N–H and O–H groups in total. The van der Waals surface area contributed by atoms with Crippen LogP contribution in [0.4, 0.5) is 0 Å². The molecule has 3 aliphatic heterocycles. The summed E-state index contributed by atoms with van der Waals surface area (Å²) < 4.78 is 5.38. The molecule has 4 rings (SSSR count). The second-order valence-electron chi connectivity index (χ2n) is 6.24. The minimum absolute atomic E-state index is 0.163. The molecule has 0 spiro atoms. The molecule has 6 heteroatoms. The second kappa shape index (κ2) is 4.84. The molecule has 0 amide bonds. The van der Waals surface area contributed by atoms with Gasteiger partial charge in [0.05, 0.1) is 5.75 Å². The SMILES string of the molecule is CN1C2CCC1CC(c1noc(C3CSCC3=O)n1)C2. The lowest BCUT2D eigenvalue weighted by molar-refractivity contribution is -0.117. The number of fused-ring (bicyclic) bond motifs is 2. The van der Waals surface area contributed by atoms with Crippen LogP contribution in [0.5, 0.6) is 0 Å². The lowest BCUT2D eigenvalue weighted by atomic mass is 9.90. The van der Waals surface area contributed by atoms with Gasteiger partial charge >= 0.3 is 0 Å². The molecule has 3 atom stereocenters. The zero-order valence-electron chi connectivity index (χ0n) is 11.6. The Hall–Kier alpha value is -0.880. The van der Waals surface area contributed by atoms with Crippen molar-refractivity contribution in [3.05, 3.63) is 11.7 Å². The van der Waals surface area contributed by atoms with Crippen molar-refractivity contribution in [2.75, 3.05) is 18.6 Å². The number of thioether (sulfide) groups is 1. The molecule has 108 valence electrons. The van der Waals surface area contributed by atoms with Gasteiger partial charge in [-0.1, -0.05) is 5.16 Å². The van der Waals surface area contributed by atoms with Crippen LogP contribution in [0.3, 0.4) is 0 Å². The average Bonchev–Trinajstić information content (AvgIpc) is 3.10. The van der Waals surface area contributed by atoms with Gasteiger partial charge in [-0.3, -0.25) is 4.79 Å². The molecule has 0 radical (unpaired) electrons. The van der Waals surface area contributed by atoms with Crippen LogP contribution >= 0.6 is 11.8 Å². The summed E-state index contributed by atoms with van der Waals surface area (Å²) >= 11 is 1.66. The summed E-state index contributed by atoms with van der Waals surface area (Å²) in [7, 11) is 2.23. The van der Waals surface area contributed by atoms with Crippen LogP contribution in [-0.2, 0) is 4.79 Å². The highest BCUT2D eigenvalue weighted by molar-refractivity contribution is 8.00. The summed E-state index contributed by atoms with van der Waals surface area (Å²) in [6.07, 6.45) is 4.83. The van der Waals surface area contributed by atoms with Crippen molar-refractivity contribution in [3.63, 3.8) is 0 Å². The molecule has 0 aromatic carbocycles. The fourth-order valence-electron chi connectivity index (χ4n) is 3.86. The van der Waals surface area contributed by atoms with E-state index in [1.54, 1.807) is 11.8 Å². The first kappa shape index (κ1) is 12.8. The monoisotopic (exact) mass is 293 g/mol. The number of nitrogens with zero attached hydrogens (tertiary/aromatic N) is 3. The lowest BCUT2D eigenvalue weighted by Gasteiger charge is -2.34. The predicted octanol–water partition coefficient (Wildman–Crippen LogP) is 1.81. The quantitative estimate of drug-likeness (QED) is 0.829. The summed E-state index contributed by atoms with van der Waals surface area (Å²) in [6.45, 7) is 0. The molecule has 3 aliphatic rings. The zero-order valence-corrected chi connectivity index (χ0v) is 12.4. The van der Waals surface area contributed by atoms with E-state index in [-0.39, 0.29) is 11.7 Å². The summed E-state index contributed by atoms with van der Waals surface area (Å²) in [6, 6.07) is 1.34. The molecule has 4 heterocycles.